The zero-order chi connectivity index (χ0) is 12.3. The summed E-state index contributed by atoms with van der Waals surface area (Å²) < 4.78 is 27.0. The van der Waals surface area contributed by atoms with Crippen molar-refractivity contribution in [2.24, 2.45) is 13.0 Å². The molecule has 1 heterocycles. The third-order valence-corrected chi connectivity index (χ3v) is 3.32. The van der Waals surface area contributed by atoms with Gasteiger partial charge in [0.25, 0.3) is 10.0 Å². The molecule has 90 valence electrons. The Morgan fingerprint density at radius 2 is 2.19 bits per heavy atom. The van der Waals surface area contributed by atoms with Gasteiger partial charge in [0.05, 0.1) is 12.9 Å². The monoisotopic (exact) mass is 245 g/mol. The van der Waals surface area contributed by atoms with Crippen molar-refractivity contribution in [1.82, 2.24) is 14.3 Å². The maximum atomic E-state index is 11.6. The third-order valence-electron chi connectivity index (χ3n) is 2.04. The SMILES string of the molecule is CC(C)C(=O)CNS(=O)(=O)c1cn(C)cn1. The van der Waals surface area contributed by atoms with Gasteiger partial charge >= 0.3 is 0 Å². The van der Waals surface area contributed by atoms with E-state index >= 15 is 0 Å². The van der Waals surface area contributed by atoms with Crippen molar-refractivity contribution in [1.29, 1.82) is 0 Å². The highest BCUT2D eigenvalue weighted by Crippen LogP contribution is 2.03. The Morgan fingerprint density at radius 1 is 1.56 bits per heavy atom. The molecule has 6 nitrogen and oxygen atoms in total. The fourth-order valence-corrected chi connectivity index (χ4v) is 1.94. The number of nitrogens with one attached hydrogen (secondary N) is 1. The quantitative estimate of drug-likeness (QED) is 0.787. The Hall–Kier alpha value is -1.21. The van der Waals surface area contributed by atoms with E-state index in [0.717, 1.165) is 0 Å². The van der Waals surface area contributed by atoms with E-state index in [2.05, 4.69) is 9.71 Å². The number of ketones is 1. The number of rotatable bonds is 5. The molecule has 0 saturated heterocycles. The second kappa shape index (κ2) is 4.75. The zero-order valence-corrected chi connectivity index (χ0v) is 10.3. The molecule has 1 aromatic heterocycles. The highest BCUT2D eigenvalue weighted by Gasteiger charge is 2.18. The third kappa shape index (κ3) is 3.14. The smallest absolute Gasteiger partial charge is 0.259 e. The number of aromatic nitrogens is 2. The molecule has 0 saturated carbocycles. The van der Waals surface area contributed by atoms with Crippen molar-refractivity contribution in [3.05, 3.63) is 12.5 Å². The Labute approximate surface area is 94.7 Å². The van der Waals surface area contributed by atoms with Crippen molar-refractivity contribution in [2.45, 2.75) is 18.9 Å². The molecule has 1 rings (SSSR count). The molecular formula is C9H15N3O3S. The first-order valence-corrected chi connectivity index (χ1v) is 6.31. The standard InChI is InChI=1S/C9H15N3O3S/c1-7(2)8(13)4-11-16(14,15)9-5-12(3)6-10-9/h5-7,11H,4H2,1-3H3. The molecular weight excluding hydrogens is 230 g/mol. The van der Waals surface area contributed by atoms with Gasteiger partial charge < -0.3 is 4.57 Å². The van der Waals surface area contributed by atoms with Crippen LogP contribution in [-0.2, 0) is 21.9 Å². The fourth-order valence-electron chi connectivity index (χ4n) is 0.972. The maximum absolute atomic E-state index is 11.6. The van der Waals surface area contributed by atoms with Gasteiger partial charge in [-0.3, -0.25) is 4.79 Å². The Balaban J connectivity index is 2.70. The topological polar surface area (TPSA) is 81.1 Å². The first-order valence-electron chi connectivity index (χ1n) is 4.83. The van der Waals surface area contributed by atoms with E-state index < -0.39 is 10.0 Å². The number of hydrogen-bond acceptors (Lipinski definition) is 4. The summed E-state index contributed by atoms with van der Waals surface area (Å²) in [5, 5.41) is -0.0773. The highest BCUT2D eigenvalue weighted by molar-refractivity contribution is 7.89. The van der Waals surface area contributed by atoms with Crippen LogP contribution in [0.3, 0.4) is 0 Å². The highest BCUT2D eigenvalue weighted by atomic mass is 32.2. The molecule has 1 aromatic rings. The molecule has 0 unspecified atom stereocenters. The lowest BCUT2D eigenvalue weighted by atomic mass is 10.1. The lowest BCUT2D eigenvalue weighted by molar-refractivity contribution is -0.120. The fraction of sp³-hybridized carbons (Fsp3) is 0.556. The summed E-state index contributed by atoms with van der Waals surface area (Å²) in [4.78, 5) is 15.0. The number of hydrogen-bond donors (Lipinski definition) is 1. The van der Waals surface area contributed by atoms with Crippen LogP contribution in [0.2, 0.25) is 0 Å². The molecule has 0 aliphatic heterocycles. The van der Waals surface area contributed by atoms with E-state index in [1.54, 1.807) is 20.9 Å². The van der Waals surface area contributed by atoms with Crippen LogP contribution in [0.4, 0.5) is 0 Å². The molecule has 0 bridgehead atoms. The minimum atomic E-state index is -3.67. The molecule has 1 N–H and O–H groups in total. The van der Waals surface area contributed by atoms with Crippen LogP contribution in [0.5, 0.6) is 0 Å². The number of nitrogens with zero attached hydrogens (tertiary/aromatic N) is 2. The zero-order valence-electron chi connectivity index (χ0n) is 9.47. The number of imidazole rings is 1. The molecule has 0 fully saturated rings. The van der Waals surface area contributed by atoms with Crippen molar-refractivity contribution >= 4 is 15.8 Å². The normalized spacial score (nSPS) is 12.0. The van der Waals surface area contributed by atoms with Crippen LogP contribution in [-0.4, -0.2) is 30.3 Å². The molecule has 7 heteroatoms. The summed E-state index contributed by atoms with van der Waals surface area (Å²) in [5.41, 5.74) is 0. The molecule has 0 aliphatic carbocycles. The molecule has 0 amide bonds. The Kier molecular flexibility index (Phi) is 3.82. The van der Waals surface area contributed by atoms with E-state index in [-0.39, 0.29) is 23.3 Å². The van der Waals surface area contributed by atoms with Crippen LogP contribution >= 0.6 is 0 Å². The molecule has 0 aliphatic rings. The van der Waals surface area contributed by atoms with Gasteiger partial charge in [-0.25, -0.2) is 18.1 Å². The number of carbonyl (C=O) groups excluding carboxylic acids is 1. The minimum Gasteiger partial charge on any atom is -0.339 e. The summed E-state index contributed by atoms with van der Waals surface area (Å²) >= 11 is 0. The largest absolute Gasteiger partial charge is 0.339 e. The molecule has 0 aromatic carbocycles. The first kappa shape index (κ1) is 12.9. The van der Waals surface area contributed by atoms with E-state index in [1.807, 2.05) is 0 Å². The predicted octanol–water partition coefficient (Wildman–Crippen LogP) is -0.0765. The molecule has 0 radical (unpaired) electrons. The summed E-state index contributed by atoms with van der Waals surface area (Å²) in [7, 11) is -2.00. The summed E-state index contributed by atoms with van der Waals surface area (Å²) in [6, 6.07) is 0. The van der Waals surface area contributed by atoms with Crippen molar-refractivity contribution in [3.63, 3.8) is 0 Å². The maximum Gasteiger partial charge on any atom is 0.259 e. The van der Waals surface area contributed by atoms with Gasteiger partial charge in [-0.2, -0.15) is 0 Å². The van der Waals surface area contributed by atoms with Crippen molar-refractivity contribution < 1.29 is 13.2 Å². The van der Waals surface area contributed by atoms with Gasteiger partial charge in [-0.1, -0.05) is 13.8 Å². The van der Waals surface area contributed by atoms with Gasteiger partial charge in [-0.05, 0) is 0 Å². The van der Waals surface area contributed by atoms with Crippen LogP contribution in [0.25, 0.3) is 0 Å². The van der Waals surface area contributed by atoms with Gasteiger partial charge in [0, 0.05) is 19.2 Å². The second-order valence-electron chi connectivity index (χ2n) is 3.82. The Morgan fingerprint density at radius 3 is 2.62 bits per heavy atom. The number of Topliss-reactive ketones (excluding diaryl/α,β-unsaturated/α-hetero) is 1. The van der Waals surface area contributed by atoms with Gasteiger partial charge in [0.1, 0.15) is 5.78 Å². The van der Waals surface area contributed by atoms with Gasteiger partial charge in [-0.15, -0.1) is 0 Å². The predicted molar refractivity (Wildman–Crippen MR) is 58.2 cm³/mol. The summed E-state index contributed by atoms with van der Waals surface area (Å²) in [6.45, 7) is 3.24. The average Bonchev–Trinajstić information content (AvgIpc) is 2.61. The van der Waals surface area contributed by atoms with Gasteiger partial charge in [0.2, 0.25) is 0 Å². The average molecular weight is 245 g/mol. The van der Waals surface area contributed by atoms with Crippen LogP contribution in [0.1, 0.15) is 13.8 Å². The van der Waals surface area contributed by atoms with E-state index in [1.165, 1.54) is 17.1 Å². The van der Waals surface area contributed by atoms with E-state index in [9.17, 15) is 13.2 Å². The van der Waals surface area contributed by atoms with Gasteiger partial charge in [0.15, 0.2) is 5.03 Å². The van der Waals surface area contributed by atoms with E-state index in [4.69, 9.17) is 0 Å². The molecule has 0 spiro atoms. The number of aryl methyl sites for hydroxylation is 1. The van der Waals surface area contributed by atoms with Crippen molar-refractivity contribution in [3.8, 4) is 0 Å². The van der Waals surface area contributed by atoms with Crippen LogP contribution in [0.15, 0.2) is 17.6 Å². The number of sulfonamides is 1. The first-order chi connectivity index (χ1) is 7.33. The second-order valence-corrected chi connectivity index (χ2v) is 5.54. The van der Waals surface area contributed by atoms with Crippen LogP contribution in [0, 0.1) is 5.92 Å². The Bertz CT molecular complexity index is 476. The minimum absolute atomic E-state index is 0.0773. The molecule has 0 atom stereocenters. The number of carbonyl (C=O) groups is 1. The summed E-state index contributed by atoms with van der Waals surface area (Å²) in [5.74, 6) is -0.342. The van der Waals surface area contributed by atoms with Crippen molar-refractivity contribution in [2.75, 3.05) is 6.54 Å². The summed E-state index contributed by atoms with van der Waals surface area (Å²) in [6.07, 6.45) is 2.76. The van der Waals surface area contributed by atoms with Crippen LogP contribution < -0.4 is 4.72 Å². The lowest BCUT2D eigenvalue weighted by Crippen LogP contribution is -2.31. The lowest BCUT2D eigenvalue weighted by Gasteiger charge is -2.05. The molecule has 16 heavy (non-hydrogen) atoms. The van der Waals surface area contributed by atoms with E-state index in [0.29, 0.717) is 0 Å².